The Bertz CT molecular complexity index is 1390. The fourth-order valence-corrected chi connectivity index (χ4v) is 159. The number of hydrogen-bond donors (Lipinski definition) is 0. The lowest BCUT2D eigenvalue weighted by Crippen LogP contribution is -3.19. The van der Waals surface area contributed by atoms with Crippen molar-refractivity contribution >= 4 is 49.2 Å². The molecular weight excluding hydrogens is 641 g/mol. The van der Waals surface area contributed by atoms with Crippen LogP contribution in [0.4, 0.5) is 0 Å². The van der Waals surface area contributed by atoms with E-state index in [1.807, 2.05) is 20.7 Å². The molecule has 248 valence electrons. The third-order valence-corrected chi connectivity index (χ3v) is 101. The van der Waals surface area contributed by atoms with E-state index in [0.717, 1.165) is 22.2 Å². The highest BCUT2D eigenvalue weighted by Crippen LogP contribution is 2.72. The summed E-state index contributed by atoms with van der Waals surface area (Å²) in [5, 5.41) is 7.88. The van der Waals surface area contributed by atoms with Crippen molar-refractivity contribution in [1.82, 2.24) is 0 Å². The van der Waals surface area contributed by atoms with Gasteiger partial charge in [-0.3, -0.25) is 0 Å². The summed E-state index contributed by atoms with van der Waals surface area (Å²) in [4.78, 5) is 0. The number of hydrogen-bond acceptors (Lipinski definition) is 0. The van der Waals surface area contributed by atoms with Crippen LogP contribution in [-0.2, 0) is 0 Å². The lowest BCUT2D eigenvalue weighted by Gasteiger charge is -2.85. The van der Waals surface area contributed by atoms with Crippen LogP contribution < -0.4 is 20.7 Å². The summed E-state index contributed by atoms with van der Waals surface area (Å²) in [5.74, 6) is 0. The largest absolute Gasteiger partial charge is 0.0842 e. The van der Waals surface area contributed by atoms with Gasteiger partial charge in [-0.2, -0.15) is 0 Å². The molecule has 0 spiro atoms. The molecule has 4 heteroatoms. The Hall–Kier alpha value is -2.25. The van der Waals surface area contributed by atoms with Gasteiger partial charge in [0, 0.05) is 0 Å². The molecular formula is C44H56Si4. The molecule has 5 fully saturated rings. The third-order valence-electron chi connectivity index (χ3n) is 15.3. The van der Waals surface area contributed by atoms with E-state index in [1.54, 1.807) is 0 Å². The first-order chi connectivity index (χ1) is 23.8. The Balaban J connectivity index is 1.57. The van der Waals surface area contributed by atoms with Gasteiger partial charge < -0.3 is 0 Å². The van der Waals surface area contributed by atoms with Gasteiger partial charge in [-0.1, -0.05) is 245 Å². The van der Waals surface area contributed by atoms with Gasteiger partial charge in [0.25, 0.3) is 0 Å². The summed E-state index contributed by atoms with van der Waals surface area (Å²) in [7, 11) is -8.81. The van der Waals surface area contributed by atoms with Crippen LogP contribution in [0.2, 0.25) is 22.2 Å². The second-order valence-electron chi connectivity index (χ2n) is 16.6. The predicted octanol–water partition coefficient (Wildman–Crippen LogP) is 9.51. The maximum absolute atomic E-state index is 2.79. The molecule has 4 saturated carbocycles. The summed E-state index contributed by atoms with van der Waals surface area (Å²) in [5.41, 5.74) is 3.85. The number of rotatable bonds is 8. The standard InChI is InChI=1S/C44H56Si4/c1-5-21-37(22-6-1)45(41-29-13-14-30-41)46(42-31-15-16-32-42,38-23-7-2-8-24-38)48(44-35-19-20-36-44,40-27-11-4-12-28-40)47(45,43-33-17-18-34-43)39-25-9-3-10-26-39/h1-12,21-28,41-44H,13-20,29-36H2. The average molecular weight is 697 g/mol. The van der Waals surface area contributed by atoms with Crippen LogP contribution in [0.25, 0.3) is 0 Å². The molecule has 0 bridgehead atoms. The lowest BCUT2D eigenvalue weighted by molar-refractivity contribution is 0.803. The molecule has 1 aliphatic heterocycles. The molecule has 0 nitrogen and oxygen atoms in total. The molecule has 0 radical (unpaired) electrons. The third kappa shape index (κ3) is 3.98. The Morgan fingerprint density at radius 2 is 0.417 bits per heavy atom. The molecule has 0 unspecified atom stereocenters. The fraction of sp³-hybridized carbons (Fsp3) is 0.455. The minimum Gasteiger partial charge on any atom is -0.0639 e. The van der Waals surface area contributed by atoms with Crippen LogP contribution in [0.3, 0.4) is 0 Å². The van der Waals surface area contributed by atoms with Crippen LogP contribution >= 0.6 is 0 Å². The minimum atomic E-state index is -2.20. The van der Waals surface area contributed by atoms with E-state index in [4.69, 9.17) is 0 Å². The molecule has 1 heterocycles. The highest BCUT2D eigenvalue weighted by atomic mass is 30.2. The van der Waals surface area contributed by atoms with Gasteiger partial charge in [0.05, 0.1) is 28.4 Å². The molecule has 1 saturated heterocycles. The molecule has 0 atom stereocenters. The molecule has 0 N–H and O–H groups in total. The van der Waals surface area contributed by atoms with Gasteiger partial charge in [-0.05, 0) is 22.2 Å². The van der Waals surface area contributed by atoms with Crippen LogP contribution in [-0.4, -0.2) is 28.4 Å². The van der Waals surface area contributed by atoms with Crippen molar-refractivity contribution in [2.24, 2.45) is 0 Å². The number of benzene rings is 4. The van der Waals surface area contributed by atoms with Crippen molar-refractivity contribution in [2.75, 3.05) is 0 Å². The zero-order valence-electron chi connectivity index (χ0n) is 29.2. The zero-order valence-corrected chi connectivity index (χ0v) is 33.2. The first-order valence-electron chi connectivity index (χ1n) is 20.1. The molecule has 48 heavy (non-hydrogen) atoms. The maximum Gasteiger partial charge on any atom is 0.0842 e. The van der Waals surface area contributed by atoms with Crippen molar-refractivity contribution in [2.45, 2.75) is 125 Å². The van der Waals surface area contributed by atoms with Gasteiger partial charge in [0.2, 0.25) is 0 Å². The lowest BCUT2D eigenvalue weighted by atomic mass is 10.4. The Morgan fingerprint density at radius 1 is 0.250 bits per heavy atom. The summed E-state index contributed by atoms with van der Waals surface area (Å²) < 4.78 is 0. The van der Waals surface area contributed by atoms with Crippen LogP contribution in [0, 0.1) is 0 Å². The van der Waals surface area contributed by atoms with Crippen molar-refractivity contribution in [1.29, 1.82) is 0 Å². The van der Waals surface area contributed by atoms with Gasteiger partial charge in [0.1, 0.15) is 0 Å². The van der Waals surface area contributed by atoms with Gasteiger partial charge >= 0.3 is 0 Å². The van der Waals surface area contributed by atoms with Crippen LogP contribution in [0.5, 0.6) is 0 Å². The second-order valence-corrected chi connectivity index (χ2v) is 53.6. The van der Waals surface area contributed by atoms with Gasteiger partial charge in [0.15, 0.2) is 0 Å². The summed E-state index contributed by atoms with van der Waals surface area (Å²) >= 11 is 0. The van der Waals surface area contributed by atoms with Crippen molar-refractivity contribution in [3.63, 3.8) is 0 Å². The normalized spacial score (nSPS) is 33.3. The van der Waals surface area contributed by atoms with E-state index in [0.29, 0.717) is 0 Å². The average Bonchev–Trinajstić information content (AvgIpc) is 4.00. The first kappa shape index (κ1) is 31.7. The Kier molecular flexibility index (Phi) is 8.47. The Labute approximate surface area is 294 Å². The molecule has 0 amide bonds. The van der Waals surface area contributed by atoms with Crippen LogP contribution in [0.1, 0.15) is 103 Å². The highest BCUT2D eigenvalue weighted by molar-refractivity contribution is 8.21. The summed E-state index contributed by atoms with van der Waals surface area (Å²) in [6.07, 6.45) is 24.0. The predicted molar refractivity (Wildman–Crippen MR) is 216 cm³/mol. The van der Waals surface area contributed by atoms with Gasteiger partial charge in [-0.15, -0.1) is 0 Å². The SMILES string of the molecule is c1ccc([Si]2(C3CCCC3)[Si](c3ccccc3)(C3CCCC3)[Si](c3ccccc3)(C3CCCC3)[Si]2(c2ccccc2)C2CCCC2)cc1. The maximum atomic E-state index is 2.79. The van der Waals surface area contributed by atoms with Gasteiger partial charge in [-0.25, -0.2) is 0 Å². The summed E-state index contributed by atoms with van der Waals surface area (Å²) in [6, 6.07) is 51.9. The second kappa shape index (κ2) is 12.8. The van der Waals surface area contributed by atoms with Crippen molar-refractivity contribution in [3.8, 4) is 0 Å². The van der Waals surface area contributed by atoms with Crippen molar-refractivity contribution in [3.05, 3.63) is 121 Å². The molecule has 4 aliphatic carbocycles. The zero-order chi connectivity index (χ0) is 32.1. The molecule has 4 aromatic rings. The molecule has 5 aliphatic rings. The molecule has 4 aromatic carbocycles. The Morgan fingerprint density at radius 3 is 0.583 bits per heavy atom. The van der Waals surface area contributed by atoms with E-state index in [-0.39, 0.29) is 0 Å². The smallest absolute Gasteiger partial charge is 0.0639 e. The van der Waals surface area contributed by atoms with E-state index >= 15 is 0 Å². The molecule has 0 aromatic heterocycles. The van der Waals surface area contributed by atoms with Crippen molar-refractivity contribution < 1.29 is 0 Å². The first-order valence-corrected chi connectivity index (χ1v) is 32.4. The monoisotopic (exact) mass is 696 g/mol. The quantitative estimate of drug-likeness (QED) is 0.161. The topological polar surface area (TPSA) is 0 Å². The summed E-state index contributed by atoms with van der Waals surface area (Å²) in [6.45, 7) is 0. The fourth-order valence-electron chi connectivity index (χ4n) is 14.8. The van der Waals surface area contributed by atoms with Crippen LogP contribution in [0.15, 0.2) is 121 Å². The highest BCUT2D eigenvalue weighted by Gasteiger charge is 2.96. The van der Waals surface area contributed by atoms with E-state index in [9.17, 15) is 0 Å². The van der Waals surface area contributed by atoms with E-state index in [1.165, 1.54) is 103 Å². The minimum absolute atomic E-state index is 0.964. The molecule has 9 rings (SSSR count). The van der Waals surface area contributed by atoms with E-state index in [2.05, 4.69) is 121 Å². The van der Waals surface area contributed by atoms with E-state index < -0.39 is 28.4 Å².